The normalized spacial score (nSPS) is 15.1. The van der Waals surface area contributed by atoms with Gasteiger partial charge in [0.05, 0.1) is 13.2 Å². The van der Waals surface area contributed by atoms with Gasteiger partial charge in [-0.1, -0.05) is 36.8 Å². The Kier molecular flexibility index (Phi) is 5.59. The van der Waals surface area contributed by atoms with Gasteiger partial charge in [-0.25, -0.2) is 0 Å². The van der Waals surface area contributed by atoms with Crippen molar-refractivity contribution < 1.29 is 9.53 Å². The summed E-state index contributed by atoms with van der Waals surface area (Å²) in [6, 6.07) is 18.2. The standard InChI is InChI=1S/C21H26N2O2/c1-2-25-19-11-9-18(10-12-19)22-15-20(24)23-16-21(13-6-14-21)17-7-4-3-5-8-17/h3-5,7-12,22H,2,6,13-16H2,1H3,(H,23,24). The van der Waals surface area contributed by atoms with Gasteiger partial charge < -0.3 is 15.4 Å². The average molecular weight is 338 g/mol. The van der Waals surface area contributed by atoms with E-state index in [2.05, 4.69) is 34.9 Å². The molecular weight excluding hydrogens is 312 g/mol. The lowest BCUT2D eigenvalue weighted by atomic mass is 9.64. The van der Waals surface area contributed by atoms with Gasteiger partial charge in [0.2, 0.25) is 5.91 Å². The van der Waals surface area contributed by atoms with Gasteiger partial charge in [0, 0.05) is 17.6 Å². The van der Waals surface area contributed by atoms with Crippen molar-refractivity contribution in [1.82, 2.24) is 5.32 Å². The Balaban J connectivity index is 1.48. The molecule has 0 unspecified atom stereocenters. The summed E-state index contributed by atoms with van der Waals surface area (Å²) in [6.07, 6.45) is 3.52. The van der Waals surface area contributed by atoms with Gasteiger partial charge in [-0.15, -0.1) is 0 Å². The highest BCUT2D eigenvalue weighted by atomic mass is 16.5. The highest BCUT2D eigenvalue weighted by Crippen LogP contribution is 2.43. The first-order valence-corrected chi connectivity index (χ1v) is 9.01. The highest BCUT2D eigenvalue weighted by molar-refractivity contribution is 5.80. The van der Waals surface area contributed by atoms with Gasteiger partial charge in [0.15, 0.2) is 0 Å². The van der Waals surface area contributed by atoms with Crippen LogP contribution in [0.3, 0.4) is 0 Å². The molecule has 2 N–H and O–H groups in total. The fourth-order valence-corrected chi connectivity index (χ4v) is 3.31. The molecule has 4 nitrogen and oxygen atoms in total. The fourth-order valence-electron chi connectivity index (χ4n) is 3.31. The van der Waals surface area contributed by atoms with Gasteiger partial charge >= 0.3 is 0 Å². The summed E-state index contributed by atoms with van der Waals surface area (Å²) < 4.78 is 5.42. The Bertz CT molecular complexity index is 679. The van der Waals surface area contributed by atoms with Crippen molar-refractivity contribution in [3.63, 3.8) is 0 Å². The molecule has 1 saturated carbocycles. The van der Waals surface area contributed by atoms with Crippen LogP contribution in [0.1, 0.15) is 31.7 Å². The lowest BCUT2D eigenvalue weighted by Gasteiger charge is -2.42. The number of ether oxygens (including phenoxy) is 1. The second kappa shape index (κ2) is 8.06. The van der Waals surface area contributed by atoms with E-state index in [1.807, 2.05) is 37.3 Å². The molecule has 2 aromatic rings. The van der Waals surface area contributed by atoms with Crippen LogP contribution in [0.5, 0.6) is 5.75 Å². The molecule has 0 saturated heterocycles. The second-order valence-electron chi connectivity index (χ2n) is 6.59. The van der Waals surface area contributed by atoms with E-state index >= 15 is 0 Å². The van der Waals surface area contributed by atoms with Crippen LogP contribution in [0.2, 0.25) is 0 Å². The van der Waals surface area contributed by atoms with Crippen LogP contribution < -0.4 is 15.4 Å². The first-order valence-electron chi connectivity index (χ1n) is 9.01. The van der Waals surface area contributed by atoms with Crippen LogP contribution in [0, 0.1) is 0 Å². The molecule has 0 heterocycles. The van der Waals surface area contributed by atoms with E-state index in [0.717, 1.165) is 24.3 Å². The zero-order valence-electron chi connectivity index (χ0n) is 14.8. The van der Waals surface area contributed by atoms with Gasteiger partial charge in [0.1, 0.15) is 5.75 Å². The number of rotatable bonds is 8. The first kappa shape index (κ1) is 17.3. The molecule has 132 valence electrons. The van der Waals surface area contributed by atoms with Crippen molar-refractivity contribution in [3.05, 3.63) is 60.2 Å². The monoisotopic (exact) mass is 338 g/mol. The van der Waals surface area contributed by atoms with Crippen molar-refractivity contribution in [2.45, 2.75) is 31.6 Å². The molecule has 1 aliphatic rings. The lowest BCUT2D eigenvalue weighted by Crippen LogP contribution is -2.46. The molecule has 2 aromatic carbocycles. The Hall–Kier alpha value is -2.49. The topological polar surface area (TPSA) is 50.4 Å². The van der Waals surface area contributed by atoms with E-state index in [1.54, 1.807) is 0 Å². The quantitative estimate of drug-likeness (QED) is 0.771. The zero-order valence-corrected chi connectivity index (χ0v) is 14.8. The maximum absolute atomic E-state index is 12.2. The van der Waals surface area contributed by atoms with Crippen LogP contribution in [-0.4, -0.2) is 25.6 Å². The number of anilines is 1. The van der Waals surface area contributed by atoms with Gasteiger partial charge in [-0.3, -0.25) is 4.79 Å². The largest absolute Gasteiger partial charge is 0.494 e. The third-order valence-electron chi connectivity index (χ3n) is 4.94. The minimum absolute atomic E-state index is 0.0242. The van der Waals surface area contributed by atoms with Crippen LogP contribution in [0.25, 0.3) is 0 Å². The summed E-state index contributed by atoms with van der Waals surface area (Å²) in [7, 11) is 0. The van der Waals surface area contributed by atoms with Gasteiger partial charge in [-0.05, 0) is 49.6 Å². The summed E-state index contributed by atoms with van der Waals surface area (Å²) in [4.78, 5) is 12.2. The molecule has 0 aliphatic heterocycles. The van der Waals surface area contributed by atoms with E-state index in [9.17, 15) is 4.79 Å². The van der Waals surface area contributed by atoms with E-state index in [4.69, 9.17) is 4.74 Å². The Morgan fingerprint density at radius 1 is 1.08 bits per heavy atom. The average Bonchev–Trinajstić information content (AvgIpc) is 2.61. The Morgan fingerprint density at radius 2 is 1.80 bits per heavy atom. The predicted molar refractivity (Wildman–Crippen MR) is 101 cm³/mol. The number of benzene rings is 2. The molecule has 0 bridgehead atoms. The fraction of sp³-hybridized carbons (Fsp3) is 0.381. The molecule has 1 aliphatic carbocycles. The predicted octanol–water partition coefficient (Wildman–Crippen LogP) is 3.74. The van der Waals surface area contributed by atoms with Crippen LogP contribution in [0.15, 0.2) is 54.6 Å². The number of nitrogens with one attached hydrogen (secondary N) is 2. The molecular formula is C21H26N2O2. The molecule has 1 amide bonds. The van der Waals surface area contributed by atoms with Crippen LogP contribution in [0.4, 0.5) is 5.69 Å². The van der Waals surface area contributed by atoms with Crippen molar-refractivity contribution in [2.24, 2.45) is 0 Å². The number of amides is 1. The van der Waals surface area contributed by atoms with Crippen molar-refractivity contribution in [2.75, 3.05) is 25.0 Å². The van der Waals surface area contributed by atoms with Gasteiger partial charge in [-0.2, -0.15) is 0 Å². The SMILES string of the molecule is CCOc1ccc(NCC(=O)NCC2(c3ccccc3)CCC2)cc1. The summed E-state index contributed by atoms with van der Waals surface area (Å²) in [6.45, 7) is 3.60. The highest BCUT2D eigenvalue weighted by Gasteiger charge is 2.38. The van der Waals surface area contributed by atoms with E-state index in [0.29, 0.717) is 13.2 Å². The summed E-state index contributed by atoms with van der Waals surface area (Å²) in [5.74, 6) is 0.864. The number of carbonyl (C=O) groups excluding carboxylic acids is 1. The number of hydrogen-bond acceptors (Lipinski definition) is 3. The molecule has 0 aromatic heterocycles. The summed E-state index contributed by atoms with van der Waals surface area (Å²) in [5.41, 5.74) is 2.37. The molecule has 25 heavy (non-hydrogen) atoms. The number of carbonyl (C=O) groups is 1. The molecule has 0 atom stereocenters. The smallest absolute Gasteiger partial charge is 0.239 e. The maximum atomic E-state index is 12.2. The first-order chi connectivity index (χ1) is 12.2. The van der Waals surface area contributed by atoms with Crippen molar-refractivity contribution >= 4 is 11.6 Å². The lowest BCUT2D eigenvalue weighted by molar-refractivity contribution is -0.119. The number of hydrogen-bond donors (Lipinski definition) is 2. The summed E-state index contributed by atoms with van der Waals surface area (Å²) >= 11 is 0. The third-order valence-corrected chi connectivity index (χ3v) is 4.94. The minimum atomic E-state index is 0.0242. The molecule has 3 rings (SSSR count). The Morgan fingerprint density at radius 3 is 2.40 bits per heavy atom. The third kappa shape index (κ3) is 4.32. The van der Waals surface area contributed by atoms with Crippen molar-refractivity contribution in [1.29, 1.82) is 0 Å². The van der Waals surface area contributed by atoms with E-state index in [-0.39, 0.29) is 17.9 Å². The molecule has 0 radical (unpaired) electrons. The van der Waals surface area contributed by atoms with Crippen LogP contribution >= 0.6 is 0 Å². The molecule has 0 spiro atoms. The maximum Gasteiger partial charge on any atom is 0.239 e. The second-order valence-corrected chi connectivity index (χ2v) is 6.59. The molecule has 4 heteroatoms. The zero-order chi connectivity index (χ0) is 17.5. The summed E-state index contributed by atoms with van der Waals surface area (Å²) in [5, 5.41) is 6.26. The van der Waals surface area contributed by atoms with E-state index < -0.39 is 0 Å². The minimum Gasteiger partial charge on any atom is -0.494 e. The molecule has 1 fully saturated rings. The Labute approximate surface area is 149 Å². The van der Waals surface area contributed by atoms with Gasteiger partial charge in [0.25, 0.3) is 0 Å². The van der Waals surface area contributed by atoms with E-state index in [1.165, 1.54) is 12.0 Å². The van der Waals surface area contributed by atoms with Crippen LogP contribution in [-0.2, 0) is 10.2 Å². The van der Waals surface area contributed by atoms with Crippen molar-refractivity contribution in [3.8, 4) is 5.75 Å².